The van der Waals surface area contributed by atoms with Gasteiger partial charge in [0.15, 0.2) is 0 Å². The molecule has 0 spiro atoms. The van der Waals surface area contributed by atoms with E-state index >= 15 is 0 Å². The highest BCUT2D eigenvalue weighted by molar-refractivity contribution is 7.93. The lowest BCUT2D eigenvalue weighted by Crippen LogP contribution is -2.47. The first-order valence-electron chi connectivity index (χ1n) is 12.4. The molecule has 0 aliphatic carbocycles. The van der Waals surface area contributed by atoms with Crippen molar-refractivity contribution < 1.29 is 27.5 Å². The van der Waals surface area contributed by atoms with Crippen molar-refractivity contribution in [2.45, 2.75) is 30.3 Å². The Labute approximate surface area is 235 Å². The highest BCUT2D eigenvalue weighted by Gasteiger charge is 2.42. The normalized spacial score (nSPS) is 14.6. The van der Waals surface area contributed by atoms with E-state index in [2.05, 4.69) is 5.32 Å². The van der Waals surface area contributed by atoms with Gasteiger partial charge in [-0.3, -0.25) is 13.9 Å². The summed E-state index contributed by atoms with van der Waals surface area (Å²) in [5.74, 6) is -1.86. The summed E-state index contributed by atoms with van der Waals surface area (Å²) in [5.41, 5.74) is 3.74. The van der Waals surface area contributed by atoms with E-state index in [4.69, 9.17) is 16.7 Å². The monoisotopic (exact) mass is 578 g/mol. The molecule has 7 nitrogen and oxygen atoms in total. The number of carbonyl (C=O) groups is 2. The van der Waals surface area contributed by atoms with Gasteiger partial charge in [0.25, 0.3) is 10.0 Å². The van der Waals surface area contributed by atoms with Gasteiger partial charge in [0, 0.05) is 18.5 Å². The standard InChI is InChI=1S/C30H24ClFN2O5S/c31-26-17-23(32)11-14-25(26)21-9-12-24(13-10-21)40(38,39)34-27-4-2-1-3-22(27)16-28(34)30(37)33-18-20-7-5-19(6-8-20)15-29(35)36/h1-14,17,28H,15-16,18H2,(H,33,37)(H,35,36)/t28-/m0/s1. The molecule has 0 aromatic heterocycles. The van der Waals surface area contributed by atoms with Crippen molar-refractivity contribution in [1.82, 2.24) is 5.32 Å². The van der Waals surface area contributed by atoms with Gasteiger partial charge in [0.2, 0.25) is 5.91 Å². The van der Waals surface area contributed by atoms with E-state index in [0.717, 1.165) is 15.4 Å². The van der Waals surface area contributed by atoms with Crippen LogP contribution in [0.25, 0.3) is 11.1 Å². The molecule has 0 fully saturated rings. The fraction of sp³-hybridized carbons (Fsp3) is 0.133. The second-order valence-electron chi connectivity index (χ2n) is 9.40. The Bertz CT molecular complexity index is 1690. The number of anilines is 1. The van der Waals surface area contributed by atoms with E-state index in [0.29, 0.717) is 22.4 Å². The van der Waals surface area contributed by atoms with E-state index in [1.54, 1.807) is 60.7 Å². The third-order valence-corrected chi connectivity index (χ3v) is 8.88. The smallest absolute Gasteiger partial charge is 0.307 e. The lowest BCUT2D eigenvalue weighted by atomic mass is 10.1. The molecule has 1 amide bonds. The molecule has 10 heteroatoms. The first-order chi connectivity index (χ1) is 19.1. The van der Waals surface area contributed by atoms with E-state index in [-0.39, 0.29) is 29.3 Å². The number of benzene rings is 4. The maximum absolute atomic E-state index is 13.9. The molecule has 1 heterocycles. The number of amides is 1. The number of nitrogens with one attached hydrogen (secondary N) is 1. The number of hydrogen-bond acceptors (Lipinski definition) is 4. The summed E-state index contributed by atoms with van der Waals surface area (Å²) in [6.45, 7) is 0.153. The van der Waals surface area contributed by atoms with Crippen LogP contribution < -0.4 is 9.62 Å². The number of rotatable bonds is 8. The van der Waals surface area contributed by atoms with Crippen molar-refractivity contribution >= 4 is 39.2 Å². The summed E-state index contributed by atoms with van der Waals surface area (Å²) in [7, 11) is -4.14. The topological polar surface area (TPSA) is 104 Å². The number of fused-ring (bicyclic) bond motifs is 1. The predicted octanol–water partition coefficient (Wildman–Crippen LogP) is 5.21. The highest BCUT2D eigenvalue weighted by Crippen LogP contribution is 2.37. The quantitative estimate of drug-likeness (QED) is 0.299. The number of carbonyl (C=O) groups excluding carboxylic acids is 1. The molecule has 0 radical (unpaired) electrons. The van der Waals surface area contributed by atoms with Gasteiger partial charge in [-0.1, -0.05) is 66.2 Å². The molecule has 2 N–H and O–H groups in total. The first-order valence-corrected chi connectivity index (χ1v) is 14.2. The lowest BCUT2D eigenvalue weighted by molar-refractivity contribution is -0.136. The second-order valence-corrected chi connectivity index (χ2v) is 11.6. The molecule has 0 unspecified atom stereocenters. The first kappa shape index (κ1) is 27.4. The largest absolute Gasteiger partial charge is 0.481 e. The molecule has 204 valence electrons. The summed E-state index contributed by atoms with van der Waals surface area (Å²) in [5, 5.41) is 12.0. The molecule has 1 aliphatic heterocycles. The Hall–Kier alpha value is -4.21. The highest BCUT2D eigenvalue weighted by atomic mass is 35.5. The number of para-hydroxylation sites is 1. The summed E-state index contributed by atoms with van der Waals surface area (Å²) in [6.07, 6.45) is 0.111. The van der Waals surface area contributed by atoms with Crippen LogP contribution in [0.2, 0.25) is 5.02 Å². The van der Waals surface area contributed by atoms with Crippen LogP contribution in [0.3, 0.4) is 0 Å². The molecule has 0 saturated heterocycles. The van der Waals surface area contributed by atoms with Crippen LogP contribution in [0.15, 0.2) is 95.9 Å². The lowest BCUT2D eigenvalue weighted by Gasteiger charge is -2.26. The third kappa shape index (κ3) is 5.57. The maximum Gasteiger partial charge on any atom is 0.307 e. The summed E-state index contributed by atoms with van der Waals surface area (Å²) < 4.78 is 42.4. The average Bonchev–Trinajstić information content (AvgIpc) is 3.33. The fourth-order valence-corrected chi connectivity index (χ4v) is 6.68. The molecule has 1 atom stereocenters. The van der Waals surface area contributed by atoms with Crippen molar-refractivity contribution in [3.63, 3.8) is 0 Å². The van der Waals surface area contributed by atoms with Crippen LogP contribution >= 0.6 is 11.6 Å². The van der Waals surface area contributed by atoms with Gasteiger partial charge in [-0.2, -0.15) is 0 Å². The third-order valence-electron chi connectivity index (χ3n) is 6.73. The van der Waals surface area contributed by atoms with Crippen molar-refractivity contribution in [2.75, 3.05) is 4.31 Å². The molecule has 1 aliphatic rings. The number of carboxylic acid groups (broad SMARTS) is 1. The number of hydrogen-bond donors (Lipinski definition) is 2. The van der Waals surface area contributed by atoms with Crippen LogP contribution in [0.5, 0.6) is 0 Å². The Morgan fingerprint density at radius 1 is 0.950 bits per heavy atom. The van der Waals surface area contributed by atoms with Crippen LogP contribution in [-0.4, -0.2) is 31.4 Å². The zero-order chi connectivity index (χ0) is 28.4. The number of aliphatic carboxylic acids is 1. The Morgan fingerprint density at radius 3 is 2.30 bits per heavy atom. The van der Waals surface area contributed by atoms with Gasteiger partial charge in [-0.25, -0.2) is 12.8 Å². The van der Waals surface area contributed by atoms with Gasteiger partial charge in [-0.05, 0) is 58.7 Å². The Kier molecular flexibility index (Phi) is 7.60. The van der Waals surface area contributed by atoms with Crippen molar-refractivity contribution in [1.29, 1.82) is 0 Å². The Balaban J connectivity index is 1.39. The molecular weight excluding hydrogens is 555 g/mol. The molecule has 4 aromatic rings. The number of nitrogens with zero attached hydrogens (tertiary/aromatic N) is 1. The predicted molar refractivity (Wildman–Crippen MR) is 150 cm³/mol. The summed E-state index contributed by atoms with van der Waals surface area (Å²) >= 11 is 6.17. The van der Waals surface area contributed by atoms with E-state index < -0.39 is 33.8 Å². The van der Waals surface area contributed by atoms with E-state index in [1.165, 1.54) is 30.3 Å². The summed E-state index contributed by atoms with van der Waals surface area (Å²) in [6, 6.07) is 22.9. The van der Waals surface area contributed by atoms with Gasteiger partial charge in [0.1, 0.15) is 11.9 Å². The van der Waals surface area contributed by atoms with Crippen LogP contribution in [0.1, 0.15) is 16.7 Å². The maximum atomic E-state index is 13.9. The minimum absolute atomic E-state index is 0.00185. The minimum Gasteiger partial charge on any atom is -0.481 e. The molecule has 5 rings (SSSR count). The fourth-order valence-electron chi connectivity index (χ4n) is 4.75. The number of halogens is 2. The van der Waals surface area contributed by atoms with E-state index in [9.17, 15) is 22.4 Å². The molecule has 0 saturated carbocycles. The van der Waals surface area contributed by atoms with Gasteiger partial charge in [0.05, 0.1) is 22.0 Å². The van der Waals surface area contributed by atoms with Crippen molar-refractivity contribution in [3.05, 3.63) is 119 Å². The number of carboxylic acids is 1. The average molecular weight is 579 g/mol. The van der Waals surface area contributed by atoms with Crippen LogP contribution in [-0.2, 0) is 39.0 Å². The molecule has 4 aromatic carbocycles. The molecule has 40 heavy (non-hydrogen) atoms. The summed E-state index contributed by atoms with van der Waals surface area (Å²) in [4.78, 5) is 24.3. The second kappa shape index (κ2) is 11.1. The van der Waals surface area contributed by atoms with Gasteiger partial charge >= 0.3 is 5.97 Å². The zero-order valence-corrected chi connectivity index (χ0v) is 22.6. The molecule has 0 bridgehead atoms. The van der Waals surface area contributed by atoms with Crippen LogP contribution in [0, 0.1) is 5.82 Å². The Morgan fingerprint density at radius 2 is 1.62 bits per heavy atom. The van der Waals surface area contributed by atoms with Crippen LogP contribution in [0.4, 0.5) is 10.1 Å². The van der Waals surface area contributed by atoms with E-state index in [1.807, 2.05) is 0 Å². The minimum atomic E-state index is -4.14. The number of sulfonamides is 1. The van der Waals surface area contributed by atoms with Gasteiger partial charge in [-0.15, -0.1) is 0 Å². The molecular formula is C30H24ClFN2O5S. The van der Waals surface area contributed by atoms with Crippen molar-refractivity contribution in [2.24, 2.45) is 0 Å². The van der Waals surface area contributed by atoms with Gasteiger partial charge < -0.3 is 10.4 Å². The SMILES string of the molecule is O=C(O)Cc1ccc(CNC(=O)[C@@H]2Cc3ccccc3N2S(=O)(=O)c2ccc(-c3ccc(F)cc3Cl)cc2)cc1. The van der Waals surface area contributed by atoms with Crippen molar-refractivity contribution in [3.8, 4) is 11.1 Å². The zero-order valence-electron chi connectivity index (χ0n) is 21.1.